The first-order chi connectivity index (χ1) is 12.9. The Hall–Kier alpha value is -1.02. The van der Waals surface area contributed by atoms with E-state index in [1.54, 1.807) is 0 Å². The number of anilines is 1. The lowest BCUT2D eigenvalue weighted by molar-refractivity contribution is 0.164. The molecule has 144 valence electrons. The Kier molecular flexibility index (Phi) is 6.53. The van der Waals surface area contributed by atoms with E-state index in [1.807, 2.05) is 0 Å². The molecule has 0 amide bonds. The summed E-state index contributed by atoms with van der Waals surface area (Å²) in [4.78, 5) is 0. The van der Waals surface area contributed by atoms with Crippen LogP contribution < -0.4 is 10.6 Å². The van der Waals surface area contributed by atoms with E-state index in [4.69, 9.17) is 0 Å². The minimum atomic E-state index is 0.693. The number of hydrogen-bond acceptors (Lipinski definition) is 2. The van der Waals surface area contributed by atoms with Crippen LogP contribution in [0.2, 0.25) is 0 Å². The topological polar surface area (TPSA) is 24.1 Å². The Morgan fingerprint density at radius 2 is 1.08 bits per heavy atom. The molecule has 0 saturated heterocycles. The molecular formula is C24H38N2. The molecule has 1 aromatic rings. The lowest BCUT2D eigenvalue weighted by atomic mass is 9.71. The molecule has 0 radical (unpaired) electrons. The van der Waals surface area contributed by atoms with Gasteiger partial charge in [0.05, 0.1) is 0 Å². The molecule has 4 rings (SSSR count). The summed E-state index contributed by atoms with van der Waals surface area (Å²) in [7, 11) is 0. The van der Waals surface area contributed by atoms with Crippen LogP contribution in [-0.2, 0) is 0 Å². The minimum Gasteiger partial charge on any atom is -0.382 e. The molecule has 3 aliphatic rings. The summed E-state index contributed by atoms with van der Waals surface area (Å²) < 4.78 is 0. The van der Waals surface area contributed by atoms with Gasteiger partial charge in [-0.1, -0.05) is 37.5 Å². The van der Waals surface area contributed by atoms with Gasteiger partial charge >= 0.3 is 0 Å². The van der Waals surface area contributed by atoms with Gasteiger partial charge in [-0.25, -0.2) is 0 Å². The molecule has 0 aromatic heterocycles. The standard InChI is InChI=1S/C24H38N2/c1-3-7-21(8-4-1)25-23-15-11-19(12-16-23)20-13-17-24(18-14-20)26-22-9-5-2-6-10-22/h1,3-4,7-8,19-20,22-26H,2,5-6,9-18H2. The van der Waals surface area contributed by atoms with Crippen molar-refractivity contribution in [3.8, 4) is 0 Å². The molecule has 0 unspecified atom stereocenters. The molecule has 26 heavy (non-hydrogen) atoms. The molecule has 0 spiro atoms. The fourth-order valence-electron chi connectivity index (χ4n) is 5.86. The van der Waals surface area contributed by atoms with Crippen LogP contribution in [0.5, 0.6) is 0 Å². The Morgan fingerprint density at radius 3 is 1.69 bits per heavy atom. The van der Waals surface area contributed by atoms with Gasteiger partial charge in [0.25, 0.3) is 0 Å². The monoisotopic (exact) mass is 354 g/mol. The molecule has 3 fully saturated rings. The van der Waals surface area contributed by atoms with Crippen molar-refractivity contribution in [3.05, 3.63) is 30.3 Å². The maximum Gasteiger partial charge on any atom is 0.0342 e. The third kappa shape index (κ3) is 5.03. The van der Waals surface area contributed by atoms with Gasteiger partial charge in [-0.2, -0.15) is 0 Å². The van der Waals surface area contributed by atoms with Crippen molar-refractivity contribution in [1.82, 2.24) is 5.32 Å². The smallest absolute Gasteiger partial charge is 0.0342 e. The molecule has 1 aromatic carbocycles. The Labute approximate surface area is 160 Å². The number of rotatable bonds is 5. The summed E-state index contributed by atoms with van der Waals surface area (Å²) in [6.45, 7) is 0. The van der Waals surface area contributed by atoms with Gasteiger partial charge in [-0.05, 0) is 88.2 Å². The molecule has 2 heteroatoms. The summed E-state index contributed by atoms with van der Waals surface area (Å²) in [6, 6.07) is 13.1. The second-order valence-electron chi connectivity index (χ2n) is 9.24. The van der Waals surface area contributed by atoms with Crippen molar-refractivity contribution in [1.29, 1.82) is 0 Å². The van der Waals surface area contributed by atoms with Crippen LogP contribution in [0.4, 0.5) is 5.69 Å². The van der Waals surface area contributed by atoms with E-state index >= 15 is 0 Å². The zero-order chi connectivity index (χ0) is 17.6. The highest BCUT2D eigenvalue weighted by atomic mass is 15.0. The minimum absolute atomic E-state index is 0.693. The molecule has 0 heterocycles. The first-order valence-corrected chi connectivity index (χ1v) is 11.4. The van der Waals surface area contributed by atoms with E-state index in [9.17, 15) is 0 Å². The first-order valence-electron chi connectivity index (χ1n) is 11.4. The van der Waals surface area contributed by atoms with Gasteiger partial charge in [-0.3, -0.25) is 0 Å². The van der Waals surface area contributed by atoms with Gasteiger partial charge in [0.2, 0.25) is 0 Å². The lowest BCUT2D eigenvalue weighted by Crippen LogP contribution is -2.42. The number of para-hydroxylation sites is 1. The average Bonchev–Trinajstić information content (AvgIpc) is 2.71. The lowest BCUT2D eigenvalue weighted by Gasteiger charge is -2.39. The summed E-state index contributed by atoms with van der Waals surface area (Å²) in [5, 5.41) is 7.75. The summed E-state index contributed by atoms with van der Waals surface area (Å²) in [6.07, 6.45) is 18.7. The highest BCUT2D eigenvalue weighted by molar-refractivity contribution is 5.43. The molecule has 3 aliphatic carbocycles. The van der Waals surface area contributed by atoms with E-state index in [-0.39, 0.29) is 0 Å². The average molecular weight is 355 g/mol. The van der Waals surface area contributed by atoms with Crippen molar-refractivity contribution < 1.29 is 0 Å². The van der Waals surface area contributed by atoms with Crippen molar-refractivity contribution in [2.45, 2.75) is 102 Å². The Balaban J connectivity index is 1.16. The number of benzene rings is 1. The fraction of sp³-hybridized carbons (Fsp3) is 0.750. The largest absolute Gasteiger partial charge is 0.382 e. The molecule has 2 nitrogen and oxygen atoms in total. The second kappa shape index (κ2) is 9.26. The SMILES string of the molecule is c1ccc(NC2CCC(C3CCC(NC4CCCCC4)CC3)CC2)cc1. The first kappa shape index (κ1) is 18.3. The van der Waals surface area contributed by atoms with Crippen molar-refractivity contribution in [2.24, 2.45) is 11.8 Å². The van der Waals surface area contributed by atoms with Crippen molar-refractivity contribution in [2.75, 3.05) is 5.32 Å². The third-order valence-electron chi connectivity index (χ3n) is 7.43. The molecule has 0 bridgehead atoms. The predicted molar refractivity (Wildman–Crippen MR) is 112 cm³/mol. The zero-order valence-electron chi connectivity index (χ0n) is 16.5. The van der Waals surface area contributed by atoms with Crippen LogP contribution in [0.25, 0.3) is 0 Å². The second-order valence-corrected chi connectivity index (χ2v) is 9.24. The van der Waals surface area contributed by atoms with Gasteiger partial charge in [-0.15, -0.1) is 0 Å². The van der Waals surface area contributed by atoms with Crippen LogP contribution in [-0.4, -0.2) is 18.1 Å². The van der Waals surface area contributed by atoms with Crippen LogP contribution in [0.15, 0.2) is 30.3 Å². The number of hydrogen-bond donors (Lipinski definition) is 2. The van der Waals surface area contributed by atoms with Crippen molar-refractivity contribution >= 4 is 5.69 Å². The van der Waals surface area contributed by atoms with Crippen LogP contribution in [0.3, 0.4) is 0 Å². The van der Waals surface area contributed by atoms with Crippen LogP contribution in [0, 0.1) is 11.8 Å². The van der Waals surface area contributed by atoms with E-state index in [0.717, 1.165) is 23.9 Å². The fourth-order valence-corrected chi connectivity index (χ4v) is 5.86. The number of nitrogens with one attached hydrogen (secondary N) is 2. The summed E-state index contributed by atoms with van der Waals surface area (Å²) in [5.41, 5.74) is 1.30. The highest BCUT2D eigenvalue weighted by Crippen LogP contribution is 2.39. The van der Waals surface area contributed by atoms with Gasteiger partial charge in [0.1, 0.15) is 0 Å². The van der Waals surface area contributed by atoms with Gasteiger partial charge in [0.15, 0.2) is 0 Å². The predicted octanol–water partition coefficient (Wildman–Crippen LogP) is 6.14. The molecular weight excluding hydrogens is 316 g/mol. The quantitative estimate of drug-likeness (QED) is 0.664. The maximum absolute atomic E-state index is 4.01. The Bertz CT molecular complexity index is 506. The summed E-state index contributed by atoms with van der Waals surface area (Å²) >= 11 is 0. The van der Waals surface area contributed by atoms with E-state index in [2.05, 4.69) is 41.0 Å². The highest BCUT2D eigenvalue weighted by Gasteiger charge is 2.31. The van der Waals surface area contributed by atoms with Gasteiger partial charge in [0, 0.05) is 23.8 Å². The molecule has 2 N–H and O–H groups in total. The van der Waals surface area contributed by atoms with Crippen molar-refractivity contribution in [3.63, 3.8) is 0 Å². The maximum atomic E-state index is 4.01. The van der Waals surface area contributed by atoms with E-state index < -0.39 is 0 Å². The third-order valence-corrected chi connectivity index (χ3v) is 7.43. The van der Waals surface area contributed by atoms with E-state index in [0.29, 0.717) is 6.04 Å². The normalized spacial score (nSPS) is 33.7. The van der Waals surface area contributed by atoms with Crippen LogP contribution in [0.1, 0.15) is 83.5 Å². The molecule has 3 saturated carbocycles. The van der Waals surface area contributed by atoms with Crippen LogP contribution >= 0.6 is 0 Å². The zero-order valence-corrected chi connectivity index (χ0v) is 16.5. The summed E-state index contributed by atoms with van der Waals surface area (Å²) in [5.74, 6) is 2.01. The van der Waals surface area contributed by atoms with Gasteiger partial charge < -0.3 is 10.6 Å². The Morgan fingerprint density at radius 1 is 0.538 bits per heavy atom. The molecule has 0 aliphatic heterocycles. The molecule has 0 atom stereocenters. The van der Waals surface area contributed by atoms with E-state index in [1.165, 1.54) is 89.2 Å².